The number of halogens is 3. The Bertz CT molecular complexity index is 544. The summed E-state index contributed by atoms with van der Waals surface area (Å²) in [6, 6.07) is 3.68. The second-order valence-corrected chi connectivity index (χ2v) is 5.05. The molecule has 2 N–H and O–H groups in total. The maximum Gasteiger partial charge on any atom is 0.411 e. The highest BCUT2D eigenvalue weighted by Crippen LogP contribution is 2.32. The zero-order valence-electron chi connectivity index (χ0n) is 11.7. The van der Waals surface area contributed by atoms with Gasteiger partial charge < -0.3 is 15.4 Å². The van der Waals surface area contributed by atoms with E-state index >= 15 is 0 Å². The van der Waals surface area contributed by atoms with Crippen LogP contribution in [0.25, 0.3) is 0 Å². The normalized spacial score (nSPS) is 14.4. The Kier molecular flexibility index (Phi) is 4.41. The van der Waals surface area contributed by atoms with E-state index in [4.69, 9.17) is 5.73 Å². The van der Waals surface area contributed by atoms with E-state index in [9.17, 15) is 18.0 Å². The van der Waals surface area contributed by atoms with Crippen molar-refractivity contribution in [2.24, 2.45) is 0 Å². The van der Waals surface area contributed by atoms with Crippen LogP contribution in [-0.4, -0.2) is 31.8 Å². The molecular formula is C14H17F3N2O2. The Morgan fingerprint density at radius 3 is 2.81 bits per heavy atom. The smallest absolute Gasteiger partial charge is 0.398 e. The average molecular weight is 302 g/mol. The Morgan fingerprint density at radius 1 is 1.43 bits per heavy atom. The Morgan fingerprint density at radius 2 is 2.14 bits per heavy atom. The number of carbonyl (C=O) groups is 1. The number of carbonyl (C=O) groups excluding carboxylic acids is 1. The molecule has 1 aliphatic heterocycles. The number of nitrogens with zero attached hydrogens (tertiary/aromatic N) is 1. The van der Waals surface area contributed by atoms with Gasteiger partial charge in [0, 0.05) is 17.9 Å². The SMILES string of the molecule is Cc1cc2c(cc1N)N(C(=O)CCOCC(F)(F)F)CC2. The van der Waals surface area contributed by atoms with E-state index in [1.54, 1.807) is 11.0 Å². The van der Waals surface area contributed by atoms with E-state index in [1.807, 2.05) is 13.0 Å². The number of amides is 1. The van der Waals surface area contributed by atoms with Crippen molar-refractivity contribution in [3.8, 4) is 0 Å². The molecule has 0 aliphatic carbocycles. The quantitative estimate of drug-likeness (QED) is 0.686. The van der Waals surface area contributed by atoms with Gasteiger partial charge >= 0.3 is 6.18 Å². The molecule has 0 saturated carbocycles. The zero-order chi connectivity index (χ0) is 15.6. The van der Waals surface area contributed by atoms with Crippen molar-refractivity contribution in [3.05, 3.63) is 23.3 Å². The summed E-state index contributed by atoms with van der Waals surface area (Å²) in [5.74, 6) is -0.251. The molecule has 7 heteroatoms. The lowest BCUT2D eigenvalue weighted by molar-refractivity contribution is -0.174. The summed E-state index contributed by atoms with van der Waals surface area (Å²) >= 11 is 0. The molecule has 1 aromatic rings. The molecule has 1 heterocycles. The molecule has 0 saturated heterocycles. The Labute approximate surface area is 120 Å². The highest BCUT2D eigenvalue weighted by Gasteiger charge is 2.28. The van der Waals surface area contributed by atoms with Gasteiger partial charge in [-0.1, -0.05) is 6.07 Å². The standard InChI is InChI=1S/C14H17F3N2O2/c1-9-6-10-2-4-19(12(10)7-11(9)18)13(20)3-5-21-8-14(15,16)17/h6-7H,2-5,8,18H2,1H3. The van der Waals surface area contributed by atoms with Crippen molar-refractivity contribution in [1.29, 1.82) is 0 Å². The Balaban J connectivity index is 1.93. The predicted octanol–water partition coefficient (Wildman–Crippen LogP) is 2.44. The molecule has 4 nitrogen and oxygen atoms in total. The monoisotopic (exact) mass is 302 g/mol. The highest BCUT2D eigenvalue weighted by molar-refractivity contribution is 5.96. The van der Waals surface area contributed by atoms with Gasteiger partial charge in [-0.2, -0.15) is 13.2 Å². The molecule has 0 unspecified atom stereocenters. The molecule has 0 bridgehead atoms. The number of ether oxygens (including phenoxy) is 1. The van der Waals surface area contributed by atoms with E-state index in [1.165, 1.54) is 0 Å². The Hall–Kier alpha value is -1.76. The molecule has 0 spiro atoms. The van der Waals surface area contributed by atoms with Crippen molar-refractivity contribution >= 4 is 17.3 Å². The van der Waals surface area contributed by atoms with Crippen molar-refractivity contribution < 1.29 is 22.7 Å². The van der Waals surface area contributed by atoms with Crippen LogP contribution in [0.5, 0.6) is 0 Å². The lowest BCUT2D eigenvalue weighted by Crippen LogP contribution is -2.30. The summed E-state index contributed by atoms with van der Waals surface area (Å²) in [7, 11) is 0. The second-order valence-electron chi connectivity index (χ2n) is 5.05. The summed E-state index contributed by atoms with van der Waals surface area (Å²) in [4.78, 5) is 13.6. The third kappa shape index (κ3) is 3.87. The molecule has 2 rings (SSSR count). The van der Waals surface area contributed by atoms with Gasteiger partial charge in [0.25, 0.3) is 0 Å². The number of alkyl halides is 3. The molecule has 0 radical (unpaired) electrons. The lowest BCUT2D eigenvalue weighted by atomic mass is 10.1. The first-order chi connectivity index (χ1) is 9.78. The molecule has 1 aromatic carbocycles. The van der Waals surface area contributed by atoms with Gasteiger partial charge in [-0.25, -0.2) is 0 Å². The molecule has 0 atom stereocenters. The topological polar surface area (TPSA) is 55.6 Å². The van der Waals surface area contributed by atoms with Gasteiger partial charge in [0.1, 0.15) is 6.61 Å². The molecule has 21 heavy (non-hydrogen) atoms. The number of benzene rings is 1. The first kappa shape index (κ1) is 15.6. The van der Waals surface area contributed by atoms with E-state index < -0.39 is 12.8 Å². The number of nitrogen functional groups attached to an aromatic ring is 1. The van der Waals surface area contributed by atoms with Gasteiger partial charge in [-0.05, 0) is 30.5 Å². The molecular weight excluding hydrogens is 285 g/mol. The highest BCUT2D eigenvalue weighted by atomic mass is 19.4. The van der Waals surface area contributed by atoms with Crippen LogP contribution >= 0.6 is 0 Å². The van der Waals surface area contributed by atoms with Crippen LogP contribution < -0.4 is 10.6 Å². The van der Waals surface area contributed by atoms with Crippen LogP contribution in [-0.2, 0) is 16.0 Å². The fourth-order valence-electron chi connectivity index (χ4n) is 2.32. The van der Waals surface area contributed by atoms with Gasteiger partial charge in [0.2, 0.25) is 5.91 Å². The molecule has 0 fully saturated rings. The molecule has 0 aromatic heterocycles. The third-order valence-corrected chi connectivity index (χ3v) is 3.39. The number of anilines is 2. The first-order valence-electron chi connectivity index (χ1n) is 6.62. The van der Waals surface area contributed by atoms with Crippen molar-refractivity contribution in [2.45, 2.75) is 25.9 Å². The number of hydrogen-bond donors (Lipinski definition) is 1. The number of fused-ring (bicyclic) bond motifs is 1. The van der Waals surface area contributed by atoms with Crippen molar-refractivity contribution in [1.82, 2.24) is 0 Å². The minimum Gasteiger partial charge on any atom is -0.398 e. The number of rotatable bonds is 4. The van der Waals surface area contributed by atoms with Gasteiger partial charge in [-0.15, -0.1) is 0 Å². The lowest BCUT2D eigenvalue weighted by Gasteiger charge is -2.18. The van der Waals surface area contributed by atoms with Crippen LogP contribution in [0.4, 0.5) is 24.5 Å². The van der Waals surface area contributed by atoms with Crippen LogP contribution in [0.3, 0.4) is 0 Å². The van der Waals surface area contributed by atoms with E-state index in [2.05, 4.69) is 4.74 Å². The van der Waals surface area contributed by atoms with Crippen LogP contribution in [0, 0.1) is 6.92 Å². The van der Waals surface area contributed by atoms with Crippen molar-refractivity contribution in [3.63, 3.8) is 0 Å². The predicted molar refractivity (Wildman–Crippen MR) is 73.1 cm³/mol. The first-order valence-corrected chi connectivity index (χ1v) is 6.62. The third-order valence-electron chi connectivity index (χ3n) is 3.39. The fourth-order valence-corrected chi connectivity index (χ4v) is 2.32. The average Bonchev–Trinajstić information content (AvgIpc) is 2.77. The van der Waals surface area contributed by atoms with Crippen LogP contribution in [0.1, 0.15) is 17.5 Å². The maximum atomic E-state index is 12.1. The summed E-state index contributed by atoms with van der Waals surface area (Å²) in [5.41, 5.74) is 9.17. The summed E-state index contributed by atoms with van der Waals surface area (Å²) in [6.45, 7) is 0.843. The van der Waals surface area contributed by atoms with Crippen LogP contribution in [0.2, 0.25) is 0 Å². The number of aryl methyl sites for hydroxylation is 1. The molecule has 1 aliphatic rings. The summed E-state index contributed by atoms with van der Waals surface area (Å²) < 4.78 is 40.2. The fraction of sp³-hybridized carbons (Fsp3) is 0.500. The second kappa shape index (κ2) is 5.93. The van der Waals surface area contributed by atoms with E-state index in [0.717, 1.165) is 23.2 Å². The van der Waals surface area contributed by atoms with Crippen LogP contribution in [0.15, 0.2) is 12.1 Å². The van der Waals surface area contributed by atoms with Crippen molar-refractivity contribution in [2.75, 3.05) is 30.4 Å². The van der Waals surface area contributed by atoms with E-state index in [-0.39, 0.29) is 18.9 Å². The zero-order valence-corrected chi connectivity index (χ0v) is 11.7. The largest absolute Gasteiger partial charge is 0.411 e. The minimum atomic E-state index is -4.37. The van der Waals surface area contributed by atoms with E-state index in [0.29, 0.717) is 12.2 Å². The minimum absolute atomic E-state index is 0.0801. The number of hydrogen-bond acceptors (Lipinski definition) is 3. The van der Waals surface area contributed by atoms with Gasteiger partial charge in [0.05, 0.1) is 13.0 Å². The number of nitrogens with two attached hydrogens (primary N) is 1. The summed E-state index contributed by atoms with van der Waals surface area (Å²) in [5, 5.41) is 0. The van der Waals surface area contributed by atoms with Gasteiger partial charge in [0.15, 0.2) is 0 Å². The molecule has 1 amide bonds. The maximum absolute atomic E-state index is 12.1. The van der Waals surface area contributed by atoms with Gasteiger partial charge in [-0.3, -0.25) is 4.79 Å². The molecule has 116 valence electrons. The summed E-state index contributed by atoms with van der Waals surface area (Å²) in [6.07, 6.45) is -3.72.